The second-order valence-electron chi connectivity index (χ2n) is 5.16. The standard InChI is InChI=1S/C14H19FN2S/c1-10-3-2-6-17(8-10)9-11-4-5-13(15)12(7-11)14(16)18/h4-5,7,10H,2-3,6,8-9H2,1H3,(H2,16,18). The molecule has 0 spiro atoms. The highest BCUT2D eigenvalue weighted by Gasteiger charge is 2.16. The normalized spacial score (nSPS) is 20.9. The van der Waals surface area contributed by atoms with E-state index >= 15 is 0 Å². The molecule has 1 aromatic rings. The highest BCUT2D eigenvalue weighted by Crippen LogP contribution is 2.19. The molecule has 0 radical (unpaired) electrons. The number of benzene rings is 1. The van der Waals surface area contributed by atoms with Gasteiger partial charge in [0.2, 0.25) is 0 Å². The minimum absolute atomic E-state index is 0.126. The minimum Gasteiger partial charge on any atom is -0.389 e. The molecule has 1 aliphatic rings. The predicted molar refractivity (Wildman–Crippen MR) is 76.0 cm³/mol. The maximum absolute atomic E-state index is 13.5. The Morgan fingerprint density at radius 2 is 2.33 bits per heavy atom. The number of halogens is 1. The van der Waals surface area contributed by atoms with Crippen LogP contribution in [-0.4, -0.2) is 23.0 Å². The summed E-state index contributed by atoms with van der Waals surface area (Å²) in [4.78, 5) is 2.53. The van der Waals surface area contributed by atoms with Gasteiger partial charge in [0.05, 0.1) is 0 Å². The van der Waals surface area contributed by atoms with E-state index in [1.165, 1.54) is 18.9 Å². The monoisotopic (exact) mass is 266 g/mol. The lowest BCUT2D eigenvalue weighted by atomic mass is 9.99. The number of hydrogen-bond acceptors (Lipinski definition) is 2. The Balaban J connectivity index is 2.09. The van der Waals surface area contributed by atoms with E-state index in [0.717, 1.165) is 31.1 Å². The molecule has 1 aromatic carbocycles. The van der Waals surface area contributed by atoms with Gasteiger partial charge in [0.1, 0.15) is 10.8 Å². The molecule has 18 heavy (non-hydrogen) atoms. The summed E-state index contributed by atoms with van der Waals surface area (Å²) in [5.74, 6) is 0.410. The number of likely N-dealkylation sites (tertiary alicyclic amines) is 1. The Kier molecular flexibility index (Phi) is 4.30. The average Bonchev–Trinajstić information content (AvgIpc) is 2.31. The summed E-state index contributed by atoms with van der Waals surface area (Å²) in [6.07, 6.45) is 2.54. The lowest BCUT2D eigenvalue weighted by Crippen LogP contribution is -2.33. The predicted octanol–water partition coefficient (Wildman–Crippen LogP) is 2.69. The van der Waals surface area contributed by atoms with Gasteiger partial charge in [-0.3, -0.25) is 4.90 Å². The van der Waals surface area contributed by atoms with Crippen molar-refractivity contribution in [2.24, 2.45) is 11.7 Å². The van der Waals surface area contributed by atoms with E-state index < -0.39 is 0 Å². The zero-order valence-corrected chi connectivity index (χ0v) is 11.5. The molecule has 2 rings (SSSR count). The zero-order chi connectivity index (χ0) is 13.1. The molecule has 2 nitrogen and oxygen atoms in total. The Morgan fingerprint density at radius 3 is 3.00 bits per heavy atom. The fourth-order valence-electron chi connectivity index (χ4n) is 2.55. The molecule has 0 saturated carbocycles. The van der Waals surface area contributed by atoms with Gasteiger partial charge in [-0.25, -0.2) is 4.39 Å². The fourth-order valence-corrected chi connectivity index (χ4v) is 2.70. The van der Waals surface area contributed by atoms with E-state index in [4.69, 9.17) is 18.0 Å². The molecule has 1 unspecified atom stereocenters. The van der Waals surface area contributed by atoms with Crippen LogP contribution in [0.15, 0.2) is 18.2 Å². The molecule has 1 saturated heterocycles. The van der Waals surface area contributed by atoms with Crippen molar-refractivity contribution in [2.45, 2.75) is 26.3 Å². The van der Waals surface area contributed by atoms with Gasteiger partial charge < -0.3 is 5.73 Å². The maximum Gasteiger partial charge on any atom is 0.133 e. The van der Waals surface area contributed by atoms with Crippen molar-refractivity contribution >= 4 is 17.2 Å². The van der Waals surface area contributed by atoms with Gasteiger partial charge in [-0.15, -0.1) is 0 Å². The highest BCUT2D eigenvalue weighted by atomic mass is 32.1. The van der Waals surface area contributed by atoms with E-state index in [9.17, 15) is 4.39 Å². The summed E-state index contributed by atoms with van der Waals surface area (Å²) in [6, 6.07) is 5.05. The zero-order valence-electron chi connectivity index (χ0n) is 10.7. The van der Waals surface area contributed by atoms with Gasteiger partial charge in [-0.05, 0) is 43.0 Å². The molecule has 0 aliphatic carbocycles. The number of rotatable bonds is 3. The van der Waals surface area contributed by atoms with Gasteiger partial charge in [0, 0.05) is 18.7 Å². The molecule has 1 fully saturated rings. The number of thiocarbonyl (C=S) groups is 1. The molecular weight excluding hydrogens is 247 g/mol. The van der Waals surface area contributed by atoms with Crippen LogP contribution in [0.5, 0.6) is 0 Å². The highest BCUT2D eigenvalue weighted by molar-refractivity contribution is 7.80. The first-order valence-electron chi connectivity index (χ1n) is 6.37. The largest absolute Gasteiger partial charge is 0.389 e. The lowest BCUT2D eigenvalue weighted by molar-refractivity contribution is 0.176. The smallest absolute Gasteiger partial charge is 0.133 e. The number of nitrogens with zero attached hydrogens (tertiary/aromatic N) is 1. The quantitative estimate of drug-likeness (QED) is 0.853. The van der Waals surface area contributed by atoms with Gasteiger partial charge in [0.25, 0.3) is 0 Å². The summed E-state index contributed by atoms with van der Waals surface area (Å²) in [5, 5.41) is 0. The van der Waals surface area contributed by atoms with Crippen LogP contribution in [0.25, 0.3) is 0 Å². The van der Waals surface area contributed by atoms with Gasteiger partial charge in [-0.2, -0.15) is 0 Å². The minimum atomic E-state index is -0.335. The Morgan fingerprint density at radius 1 is 1.56 bits per heavy atom. The van der Waals surface area contributed by atoms with Crippen molar-refractivity contribution in [1.29, 1.82) is 0 Å². The van der Waals surface area contributed by atoms with E-state index in [2.05, 4.69) is 11.8 Å². The molecule has 0 bridgehead atoms. The van der Waals surface area contributed by atoms with Crippen LogP contribution in [0.4, 0.5) is 4.39 Å². The molecule has 0 amide bonds. The molecule has 2 N–H and O–H groups in total. The maximum atomic E-state index is 13.5. The van der Waals surface area contributed by atoms with Crippen LogP contribution >= 0.6 is 12.2 Å². The van der Waals surface area contributed by atoms with Crippen LogP contribution in [-0.2, 0) is 6.54 Å². The third-order valence-corrected chi connectivity index (χ3v) is 3.66. The number of piperidine rings is 1. The SMILES string of the molecule is CC1CCCN(Cc2ccc(F)c(C(N)=S)c2)C1. The van der Waals surface area contributed by atoms with Gasteiger partial charge in [0.15, 0.2) is 0 Å². The van der Waals surface area contributed by atoms with Crippen molar-refractivity contribution in [3.05, 3.63) is 35.1 Å². The molecule has 0 aromatic heterocycles. The van der Waals surface area contributed by atoms with Crippen LogP contribution in [0.3, 0.4) is 0 Å². The van der Waals surface area contributed by atoms with E-state index in [1.807, 2.05) is 6.07 Å². The summed E-state index contributed by atoms with van der Waals surface area (Å²) in [6.45, 7) is 5.35. The van der Waals surface area contributed by atoms with E-state index in [1.54, 1.807) is 6.07 Å². The van der Waals surface area contributed by atoms with E-state index in [-0.39, 0.29) is 10.8 Å². The lowest BCUT2D eigenvalue weighted by Gasteiger charge is -2.30. The molecule has 1 aliphatic heterocycles. The summed E-state index contributed by atoms with van der Waals surface area (Å²) in [7, 11) is 0. The molecule has 1 heterocycles. The van der Waals surface area contributed by atoms with Gasteiger partial charge >= 0.3 is 0 Å². The summed E-state index contributed by atoms with van der Waals surface area (Å²) in [5.41, 5.74) is 6.95. The average molecular weight is 266 g/mol. The Hall–Kier alpha value is -1.00. The first-order chi connectivity index (χ1) is 8.56. The molecule has 4 heteroatoms. The Labute approximate surface area is 113 Å². The van der Waals surface area contributed by atoms with Crippen LogP contribution in [0.2, 0.25) is 0 Å². The van der Waals surface area contributed by atoms with Crippen LogP contribution < -0.4 is 5.73 Å². The van der Waals surface area contributed by atoms with E-state index in [0.29, 0.717) is 5.56 Å². The first kappa shape index (κ1) is 13.4. The third kappa shape index (κ3) is 3.27. The topological polar surface area (TPSA) is 29.3 Å². The molecule has 98 valence electrons. The van der Waals surface area contributed by atoms with Gasteiger partial charge in [-0.1, -0.05) is 25.2 Å². The van der Waals surface area contributed by atoms with Crippen molar-refractivity contribution in [1.82, 2.24) is 4.90 Å². The number of nitrogens with two attached hydrogens (primary N) is 1. The molecular formula is C14H19FN2S. The summed E-state index contributed by atoms with van der Waals surface area (Å²) < 4.78 is 13.5. The van der Waals surface area contributed by atoms with Crippen LogP contribution in [0.1, 0.15) is 30.9 Å². The first-order valence-corrected chi connectivity index (χ1v) is 6.77. The van der Waals surface area contributed by atoms with Crippen molar-refractivity contribution in [2.75, 3.05) is 13.1 Å². The Bertz CT molecular complexity index is 447. The second-order valence-corrected chi connectivity index (χ2v) is 5.60. The van der Waals surface area contributed by atoms with Crippen molar-refractivity contribution in [3.63, 3.8) is 0 Å². The third-order valence-electron chi connectivity index (χ3n) is 3.44. The van der Waals surface area contributed by atoms with Crippen molar-refractivity contribution in [3.8, 4) is 0 Å². The fraction of sp³-hybridized carbons (Fsp3) is 0.500. The summed E-state index contributed by atoms with van der Waals surface area (Å²) >= 11 is 4.86. The second kappa shape index (κ2) is 5.76. The molecule has 1 atom stereocenters. The number of hydrogen-bond donors (Lipinski definition) is 1. The van der Waals surface area contributed by atoms with Crippen molar-refractivity contribution < 1.29 is 4.39 Å². The van der Waals surface area contributed by atoms with Crippen LogP contribution in [0, 0.1) is 11.7 Å².